The van der Waals surface area contributed by atoms with Crippen molar-refractivity contribution >= 4 is 33.4 Å². The highest BCUT2D eigenvalue weighted by Crippen LogP contribution is 2.32. The summed E-state index contributed by atoms with van der Waals surface area (Å²) in [6.07, 6.45) is 7.06. The number of benzene rings is 2. The van der Waals surface area contributed by atoms with E-state index in [0.717, 1.165) is 35.0 Å². The Morgan fingerprint density at radius 2 is 2.00 bits per heavy atom. The quantitative estimate of drug-likeness (QED) is 0.363. The van der Waals surface area contributed by atoms with Crippen molar-refractivity contribution in [1.82, 2.24) is 15.0 Å². The van der Waals surface area contributed by atoms with Crippen LogP contribution in [0.5, 0.6) is 0 Å². The van der Waals surface area contributed by atoms with Gasteiger partial charge in [0.1, 0.15) is 0 Å². The molecular formula is C25H26N4O. The van der Waals surface area contributed by atoms with Crippen LogP contribution in [0.3, 0.4) is 0 Å². The van der Waals surface area contributed by atoms with E-state index in [4.69, 9.17) is 0 Å². The van der Waals surface area contributed by atoms with Crippen LogP contribution >= 0.6 is 0 Å². The normalized spacial score (nSPS) is 14.2. The maximum absolute atomic E-state index is 12.5. The molecule has 30 heavy (non-hydrogen) atoms. The van der Waals surface area contributed by atoms with E-state index >= 15 is 0 Å². The number of aromatic nitrogens is 2. The second-order valence-corrected chi connectivity index (χ2v) is 8.06. The minimum Gasteiger partial charge on any atom is -0.361 e. The lowest BCUT2D eigenvalue weighted by Gasteiger charge is -2.15. The van der Waals surface area contributed by atoms with E-state index in [1.807, 2.05) is 31.3 Å². The van der Waals surface area contributed by atoms with E-state index in [0.29, 0.717) is 13.0 Å². The number of carbonyl (C=O) groups excluding carboxylic acids is 1. The molecule has 5 nitrogen and oxygen atoms in total. The number of hydrazone groups is 1. The SMILES string of the molecule is C/C(=N\NC(=O)CCn1c2c(c3ccccc31)CCCC2)c1ccc2[nH]ccc2c1. The van der Waals surface area contributed by atoms with Gasteiger partial charge in [0, 0.05) is 46.7 Å². The molecule has 0 spiro atoms. The fraction of sp³-hybridized carbons (Fsp3) is 0.280. The molecule has 5 rings (SSSR count). The first-order valence-corrected chi connectivity index (χ1v) is 10.7. The van der Waals surface area contributed by atoms with Crippen LogP contribution in [0.4, 0.5) is 0 Å². The standard InChI is InChI=1S/C25H26N4O/c1-17(18-10-11-22-19(16-18)12-14-26-22)27-28-25(30)13-15-29-23-8-4-2-6-20(23)21-7-3-5-9-24(21)29/h2,4,6,8,10-12,14,16,26H,3,5,7,9,13,15H2,1H3,(H,28,30)/b27-17+. The Bertz CT molecular complexity index is 1260. The number of amides is 1. The molecule has 0 saturated heterocycles. The zero-order valence-electron chi connectivity index (χ0n) is 17.2. The number of hydrogen-bond acceptors (Lipinski definition) is 2. The van der Waals surface area contributed by atoms with Crippen molar-refractivity contribution in [3.8, 4) is 0 Å². The van der Waals surface area contributed by atoms with E-state index in [9.17, 15) is 4.79 Å². The highest BCUT2D eigenvalue weighted by Gasteiger charge is 2.19. The van der Waals surface area contributed by atoms with Crippen LogP contribution in [0.25, 0.3) is 21.8 Å². The summed E-state index contributed by atoms with van der Waals surface area (Å²) in [5, 5.41) is 6.82. The van der Waals surface area contributed by atoms with Crippen LogP contribution in [0.15, 0.2) is 59.8 Å². The van der Waals surface area contributed by atoms with E-state index in [2.05, 4.69) is 50.4 Å². The van der Waals surface area contributed by atoms with Gasteiger partial charge in [0.05, 0.1) is 5.71 Å². The highest BCUT2D eigenvalue weighted by molar-refractivity contribution is 6.02. The van der Waals surface area contributed by atoms with Gasteiger partial charge in [-0.2, -0.15) is 5.10 Å². The van der Waals surface area contributed by atoms with E-state index < -0.39 is 0 Å². The highest BCUT2D eigenvalue weighted by atomic mass is 16.2. The van der Waals surface area contributed by atoms with Gasteiger partial charge in [0.25, 0.3) is 0 Å². The van der Waals surface area contributed by atoms with Crippen molar-refractivity contribution in [2.24, 2.45) is 5.10 Å². The summed E-state index contributed by atoms with van der Waals surface area (Å²) in [6.45, 7) is 2.61. The molecule has 2 heterocycles. The maximum atomic E-state index is 12.5. The van der Waals surface area contributed by atoms with Crippen molar-refractivity contribution in [2.45, 2.75) is 45.6 Å². The van der Waals surface area contributed by atoms with Crippen LogP contribution in [0, 0.1) is 0 Å². The number of nitrogens with zero attached hydrogens (tertiary/aromatic N) is 2. The van der Waals surface area contributed by atoms with Crippen LogP contribution in [-0.2, 0) is 24.2 Å². The fourth-order valence-corrected chi connectivity index (χ4v) is 4.60. The Hall–Kier alpha value is -3.34. The molecule has 2 N–H and O–H groups in total. The van der Waals surface area contributed by atoms with Gasteiger partial charge in [-0.25, -0.2) is 5.43 Å². The van der Waals surface area contributed by atoms with Gasteiger partial charge in [0.2, 0.25) is 5.91 Å². The summed E-state index contributed by atoms with van der Waals surface area (Å²) in [5.74, 6) is -0.0561. The number of aromatic amines is 1. The largest absolute Gasteiger partial charge is 0.361 e. The number of fused-ring (bicyclic) bond motifs is 4. The second-order valence-electron chi connectivity index (χ2n) is 8.06. The lowest BCUT2D eigenvalue weighted by Crippen LogP contribution is -2.21. The molecule has 2 aromatic heterocycles. The van der Waals surface area contributed by atoms with Crippen molar-refractivity contribution in [2.75, 3.05) is 0 Å². The molecule has 1 aliphatic carbocycles. The number of aryl methyl sites for hydroxylation is 2. The Labute approximate surface area is 175 Å². The lowest BCUT2D eigenvalue weighted by molar-refractivity contribution is -0.121. The molecule has 0 fully saturated rings. The monoisotopic (exact) mass is 398 g/mol. The summed E-state index contributed by atoms with van der Waals surface area (Å²) >= 11 is 0. The van der Waals surface area contributed by atoms with Gasteiger partial charge >= 0.3 is 0 Å². The van der Waals surface area contributed by atoms with E-state index in [-0.39, 0.29) is 5.91 Å². The minimum absolute atomic E-state index is 0.0561. The first-order valence-electron chi connectivity index (χ1n) is 10.7. The van der Waals surface area contributed by atoms with Crippen molar-refractivity contribution in [3.63, 3.8) is 0 Å². The number of carbonyl (C=O) groups is 1. The van der Waals surface area contributed by atoms with Gasteiger partial charge in [-0.15, -0.1) is 0 Å². The topological polar surface area (TPSA) is 62.2 Å². The van der Waals surface area contributed by atoms with Crippen molar-refractivity contribution in [1.29, 1.82) is 0 Å². The minimum atomic E-state index is -0.0561. The van der Waals surface area contributed by atoms with Crippen LogP contribution < -0.4 is 5.43 Å². The Kier molecular flexibility index (Phi) is 4.87. The van der Waals surface area contributed by atoms with Crippen LogP contribution in [-0.4, -0.2) is 21.2 Å². The van der Waals surface area contributed by atoms with Gasteiger partial charge in [-0.3, -0.25) is 4.79 Å². The predicted octanol–water partition coefficient (Wildman–Crippen LogP) is 4.93. The van der Waals surface area contributed by atoms with Crippen LogP contribution in [0.2, 0.25) is 0 Å². The van der Waals surface area contributed by atoms with Gasteiger partial charge in [-0.1, -0.05) is 24.3 Å². The van der Waals surface area contributed by atoms with E-state index in [1.54, 1.807) is 0 Å². The molecule has 0 radical (unpaired) electrons. The third-order valence-corrected chi connectivity index (χ3v) is 6.17. The van der Waals surface area contributed by atoms with E-state index in [1.165, 1.54) is 35.0 Å². The summed E-state index contributed by atoms with van der Waals surface area (Å²) in [6, 6.07) is 16.7. The molecule has 1 aliphatic rings. The molecule has 0 bridgehead atoms. The molecule has 0 aliphatic heterocycles. The molecular weight excluding hydrogens is 372 g/mol. The molecule has 0 saturated carbocycles. The zero-order chi connectivity index (χ0) is 20.5. The Morgan fingerprint density at radius 3 is 2.93 bits per heavy atom. The first kappa shape index (κ1) is 18.7. The van der Waals surface area contributed by atoms with Gasteiger partial charge in [-0.05, 0) is 68.0 Å². The average molecular weight is 399 g/mol. The summed E-state index contributed by atoms with van der Waals surface area (Å²) in [4.78, 5) is 15.7. The van der Waals surface area contributed by atoms with Gasteiger partial charge < -0.3 is 9.55 Å². The Morgan fingerprint density at radius 1 is 1.13 bits per heavy atom. The summed E-state index contributed by atoms with van der Waals surface area (Å²) < 4.78 is 2.35. The summed E-state index contributed by atoms with van der Waals surface area (Å²) in [5.41, 5.74) is 9.78. The number of H-pyrrole nitrogens is 1. The second kappa shape index (κ2) is 7.82. The summed E-state index contributed by atoms with van der Waals surface area (Å²) in [7, 11) is 0. The number of para-hydroxylation sites is 1. The fourth-order valence-electron chi connectivity index (χ4n) is 4.60. The van der Waals surface area contributed by atoms with Gasteiger partial charge in [0.15, 0.2) is 0 Å². The molecule has 1 amide bonds. The third-order valence-electron chi connectivity index (χ3n) is 6.17. The zero-order valence-corrected chi connectivity index (χ0v) is 17.2. The number of nitrogens with one attached hydrogen (secondary N) is 2. The molecule has 4 aromatic rings. The lowest BCUT2D eigenvalue weighted by atomic mass is 9.95. The first-order chi connectivity index (χ1) is 14.7. The van der Waals surface area contributed by atoms with Crippen LogP contribution in [0.1, 0.15) is 43.0 Å². The molecule has 5 heteroatoms. The maximum Gasteiger partial charge on any atom is 0.241 e. The van der Waals surface area contributed by atoms with Crippen molar-refractivity contribution < 1.29 is 4.79 Å². The predicted molar refractivity (Wildman–Crippen MR) is 122 cm³/mol. The smallest absolute Gasteiger partial charge is 0.241 e. The molecule has 0 unspecified atom stereocenters. The van der Waals surface area contributed by atoms with Crippen molar-refractivity contribution in [3.05, 3.63) is 71.5 Å². The number of rotatable bonds is 5. The molecule has 0 atom stereocenters. The molecule has 2 aromatic carbocycles. The number of hydrogen-bond donors (Lipinski definition) is 2. The third kappa shape index (κ3) is 3.41. The average Bonchev–Trinajstić information content (AvgIpc) is 3.38. The molecule has 152 valence electrons. The Balaban J connectivity index is 1.29.